The summed E-state index contributed by atoms with van der Waals surface area (Å²) in [5.74, 6) is -1.47. The topological polar surface area (TPSA) is 81.9 Å². The molecule has 1 rings (SSSR count). The SMILES string of the molecule is CCOC(=O)C1(C(N)=O)OC1C. The highest BCUT2D eigenvalue weighted by atomic mass is 16.7. The van der Waals surface area contributed by atoms with Crippen LogP contribution in [0.1, 0.15) is 13.8 Å². The van der Waals surface area contributed by atoms with Crippen LogP contribution < -0.4 is 5.73 Å². The van der Waals surface area contributed by atoms with E-state index in [1.54, 1.807) is 13.8 Å². The number of nitrogens with two attached hydrogens (primary N) is 1. The fraction of sp³-hybridized carbons (Fsp3) is 0.714. The number of epoxide rings is 1. The predicted molar refractivity (Wildman–Crippen MR) is 39.1 cm³/mol. The lowest BCUT2D eigenvalue weighted by Gasteiger charge is -2.06. The van der Waals surface area contributed by atoms with Crippen LogP contribution in [-0.2, 0) is 19.1 Å². The van der Waals surface area contributed by atoms with Gasteiger partial charge >= 0.3 is 5.97 Å². The van der Waals surface area contributed by atoms with Crippen molar-refractivity contribution in [2.75, 3.05) is 6.61 Å². The second-order valence-corrected chi connectivity index (χ2v) is 2.58. The van der Waals surface area contributed by atoms with Crippen molar-refractivity contribution in [3.63, 3.8) is 0 Å². The molecule has 1 aliphatic rings. The molecule has 1 fully saturated rings. The minimum atomic E-state index is -1.50. The van der Waals surface area contributed by atoms with Crippen LogP contribution in [0.2, 0.25) is 0 Å². The molecule has 5 nitrogen and oxygen atoms in total. The minimum Gasteiger partial charge on any atom is -0.463 e. The van der Waals surface area contributed by atoms with Crippen LogP contribution in [0.3, 0.4) is 0 Å². The van der Waals surface area contributed by atoms with Crippen LogP contribution >= 0.6 is 0 Å². The molecule has 1 heterocycles. The number of primary amides is 1. The second-order valence-electron chi connectivity index (χ2n) is 2.58. The van der Waals surface area contributed by atoms with Gasteiger partial charge in [0, 0.05) is 0 Å². The van der Waals surface area contributed by atoms with Crippen molar-refractivity contribution in [2.45, 2.75) is 25.6 Å². The zero-order valence-electron chi connectivity index (χ0n) is 6.99. The highest BCUT2D eigenvalue weighted by molar-refractivity contribution is 6.09. The summed E-state index contributed by atoms with van der Waals surface area (Å²) in [6.45, 7) is 3.46. The van der Waals surface area contributed by atoms with Crippen molar-refractivity contribution in [2.24, 2.45) is 5.73 Å². The largest absolute Gasteiger partial charge is 0.463 e. The molecule has 0 aromatic heterocycles. The van der Waals surface area contributed by atoms with E-state index < -0.39 is 23.6 Å². The zero-order valence-corrected chi connectivity index (χ0v) is 6.99. The van der Waals surface area contributed by atoms with Gasteiger partial charge in [0.25, 0.3) is 11.5 Å². The molecule has 0 bridgehead atoms. The average Bonchev–Trinajstić information content (AvgIpc) is 2.63. The summed E-state index contributed by atoms with van der Waals surface area (Å²) in [4.78, 5) is 21.9. The van der Waals surface area contributed by atoms with E-state index in [0.29, 0.717) is 0 Å². The Balaban J connectivity index is 2.70. The lowest BCUT2D eigenvalue weighted by Crippen LogP contribution is -2.42. The van der Waals surface area contributed by atoms with Gasteiger partial charge in [-0.2, -0.15) is 0 Å². The van der Waals surface area contributed by atoms with E-state index in [1.807, 2.05) is 0 Å². The molecular formula is C7H11NO4. The van der Waals surface area contributed by atoms with E-state index in [4.69, 9.17) is 10.5 Å². The van der Waals surface area contributed by atoms with Gasteiger partial charge in [-0.15, -0.1) is 0 Å². The summed E-state index contributed by atoms with van der Waals surface area (Å²) in [5, 5.41) is 0. The fourth-order valence-electron chi connectivity index (χ4n) is 1.06. The first-order chi connectivity index (χ1) is 5.55. The van der Waals surface area contributed by atoms with Crippen LogP contribution in [0.4, 0.5) is 0 Å². The predicted octanol–water partition coefficient (Wildman–Crippen LogP) is -0.808. The molecular weight excluding hydrogens is 162 g/mol. The highest BCUT2D eigenvalue weighted by Crippen LogP contribution is 2.37. The number of carbonyl (C=O) groups excluding carboxylic acids is 2. The van der Waals surface area contributed by atoms with Crippen molar-refractivity contribution in [3.8, 4) is 0 Å². The molecule has 0 aliphatic carbocycles. The molecule has 1 saturated heterocycles. The first kappa shape index (κ1) is 8.99. The maximum Gasteiger partial charge on any atom is 0.351 e. The monoisotopic (exact) mass is 173 g/mol. The van der Waals surface area contributed by atoms with Crippen molar-refractivity contribution < 1.29 is 19.1 Å². The van der Waals surface area contributed by atoms with Crippen LogP contribution in [0.15, 0.2) is 0 Å². The average molecular weight is 173 g/mol. The number of amides is 1. The third-order valence-corrected chi connectivity index (χ3v) is 1.82. The molecule has 0 radical (unpaired) electrons. The smallest absolute Gasteiger partial charge is 0.351 e. The van der Waals surface area contributed by atoms with E-state index in [0.717, 1.165) is 0 Å². The molecule has 0 saturated carbocycles. The molecule has 5 heteroatoms. The summed E-state index contributed by atoms with van der Waals surface area (Å²) in [7, 11) is 0. The normalized spacial score (nSPS) is 32.7. The maximum atomic E-state index is 11.1. The standard InChI is InChI=1S/C7H11NO4/c1-3-11-6(10)7(5(8)9)4(2)12-7/h4H,3H2,1-2H3,(H2,8,9). The van der Waals surface area contributed by atoms with E-state index in [-0.39, 0.29) is 6.61 Å². The van der Waals surface area contributed by atoms with Gasteiger partial charge in [-0.1, -0.05) is 0 Å². The third kappa shape index (κ3) is 1.06. The molecule has 0 aromatic rings. The van der Waals surface area contributed by atoms with Crippen molar-refractivity contribution in [1.29, 1.82) is 0 Å². The zero-order chi connectivity index (χ0) is 9.35. The van der Waals surface area contributed by atoms with Crippen molar-refractivity contribution in [1.82, 2.24) is 0 Å². The second kappa shape index (κ2) is 2.75. The Morgan fingerprint density at radius 2 is 2.17 bits per heavy atom. The fourth-order valence-corrected chi connectivity index (χ4v) is 1.06. The van der Waals surface area contributed by atoms with Crippen LogP contribution in [0.5, 0.6) is 0 Å². The van der Waals surface area contributed by atoms with E-state index >= 15 is 0 Å². The number of carbonyl (C=O) groups is 2. The lowest BCUT2D eigenvalue weighted by molar-refractivity contribution is -0.153. The summed E-state index contributed by atoms with van der Waals surface area (Å²) < 4.78 is 9.47. The summed E-state index contributed by atoms with van der Waals surface area (Å²) in [5.41, 5.74) is 3.49. The Morgan fingerprint density at radius 3 is 2.42 bits per heavy atom. The van der Waals surface area contributed by atoms with Gasteiger partial charge in [-0.25, -0.2) is 4.79 Å². The number of esters is 1. The van der Waals surface area contributed by atoms with E-state index in [1.165, 1.54) is 0 Å². The maximum absolute atomic E-state index is 11.1. The van der Waals surface area contributed by atoms with Gasteiger partial charge in [0.1, 0.15) is 6.10 Å². The van der Waals surface area contributed by atoms with Gasteiger partial charge in [0.2, 0.25) is 0 Å². The Hall–Kier alpha value is -1.10. The van der Waals surface area contributed by atoms with Crippen molar-refractivity contribution in [3.05, 3.63) is 0 Å². The van der Waals surface area contributed by atoms with Crippen LogP contribution in [0, 0.1) is 0 Å². The molecule has 0 aromatic carbocycles. The van der Waals surface area contributed by atoms with E-state index in [2.05, 4.69) is 4.74 Å². The van der Waals surface area contributed by atoms with E-state index in [9.17, 15) is 9.59 Å². The molecule has 2 atom stereocenters. The first-order valence-electron chi connectivity index (χ1n) is 3.70. The Labute approximate surface area is 69.8 Å². The highest BCUT2D eigenvalue weighted by Gasteiger charge is 2.66. The van der Waals surface area contributed by atoms with Gasteiger partial charge in [-0.05, 0) is 13.8 Å². The van der Waals surface area contributed by atoms with Gasteiger partial charge < -0.3 is 15.2 Å². The molecule has 0 spiro atoms. The quantitative estimate of drug-likeness (QED) is 0.344. The molecule has 68 valence electrons. The summed E-state index contributed by atoms with van der Waals surface area (Å²) >= 11 is 0. The van der Waals surface area contributed by atoms with Crippen LogP contribution in [0.25, 0.3) is 0 Å². The Morgan fingerprint density at radius 1 is 1.67 bits per heavy atom. The Bertz CT molecular complexity index is 227. The third-order valence-electron chi connectivity index (χ3n) is 1.82. The lowest BCUT2D eigenvalue weighted by atomic mass is 10.1. The number of hydrogen-bond donors (Lipinski definition) is 1. The number of hydrogen-bond acceptors (Lipinski definition) is 4. The van der Waals surface area contributed by atoms with Crippen LogP contribution in [-0.4, -0.2) is 30.2 Å². The molecule has 1 amide bonds. The molecule has 2 unspecified atom stereocenters. The number of ether oxygens (including phenoxy) is 2. The molecule has 1 aliphatic heterocycles. The summed E-state index contributed by atoms with van der Waals surface area (Å²) in [6.07, 6.45) is -0.464. The summed E-state index contributed by atoms with van der Waals surface area (Å²) in [6, 6.07) is 0. The Kier molecular flexibility index (Phi) is 2.06. The molecule has 2 N–H and O–H groups in total. The van der Waals surface area contributed by atoms with Crippen molar-refractivity contribution >= 4 is 11.9 Å². The number of rotatable bonds is 3. The molecule has 12 heavy (non-hydrogen) atoms. The minimum absolute atomic E-state index is 0.212. The van der Waals surface area contributed by atoms with Gasteiger partial charge in [0.15, 0.2) is 0 Å². The van der Waals surface area contributed by atoms with Gasteiger partial charge in [-0.3, -0.25) is 4.79 Å². The van der Waals surface area contributed by atoms with Gasteiger partial charge in [0.05, 0.1) is 6.61 Å². The first-order valence-corrected chi connectivity index (χ1v) is 3.70.